The van der Waals surface area contributed by atoms with E-state index in [1.807, 2.05) is 19.1 Å². The number of hydrogen-bond acceptors (Lipinski definition) is 5. The van der Waals surface area contributed by atoms with E-state index in [1.54, 1.807) is 6.07 Å². The zero-order valence-corrected chi connectivity index (χ0v) is 13.0. The predicted molar refractivity (Wildman–Crippen MR) is 80.9 cm³/mol. The molecule has 0 saturated carbocycles. The molecule has 0 N–H and O–H groups in total. The number of hydrogen-bond donors (Lipinski definition) is 0. The minimum atomic E-state index is -0.277. The van der Waals surface area contributed by atoms with E-state index in [0.717, 1.165) is 28.7 Å². The lowest BCUT2D eigenvalue weighted by Gasteiger charge is -2.36. The van der Waals surface area contributed by atoms with Gasteiger partial charge in [-0.15, -0.1) is 0 Å². The Morgan fingerprint density at radius 1 is 1.17 bits per heavy atom. The summed E-state index contributed by atoms with van der Waals surface area (Å²) in [6.45, 7) is 2.69. The summed E-state index contributed by atoms with van der Waals surface area (Å²) in [5, 5.41) is 0. The molecular weight excluding hydrogens is 296 g/mol. The van der Waals surface area contributed by atoms with Crippen LogP contribution in [0.15, 0.2) is 29.3 Å². The van der Waals surface area contributed by atoms with Gasteiger partial charge in [-0.1, -0.05) is 17.7 Å². The lowest BCUT2D eigenvalue weighted by Crippen LogP contribution is -2.31. The molecule has 2 unspecified atom stereocenters. The van der Waals surface area contributed by atoms with Gasteiger partial charge in [0.25, 0.3) is 0 Å². The van der Waals surface area contributed by atoms with Crippen molar-refractivity contribution in [1.82, 2.24) is 0 Å². The molecule has 4 rings (SSSR count). The van der Waals surface area contributed by atoms with E-state index in [9.17, 15) is 9.59 Å². The highest BCUT2D eigenvalue weighted by Crippen LogP contribution is 2.41. The highest BCUT2D eigenvalue weighted by molar-refractivity contribution is 5.92. The molecule has 0 saturated heterocycles. The molecule has 0 bridgehead atoms. The first-order valence-electron chi connectivity index (χ1n) is 7.94. The Bertz CT molecular complexity index is 718. The Hall–Kier alpha value is -2.14. The molecule has 120 valence electrons. The van der Waals surface area contributed by atoms with E-state index < -0.39 is 0 Å². The smallest absolute Gasteiger partial charge is 0.338 e. The van der Waals surface area contributed by atoms with Gasteiger partial charge < -0.3 is 14.2 Å². The molecule has 0 radical (unpaired) electrons. The molecule has 5 nitrogen and oxygen atoms in total. The van der Waals surface area contributed by atoms with Gasteiger partial charge in [0.15, 0.2) is 0 Å². The molecule has 5 heteroatoms. The molecule has 3 aliphatic rings. The van der Waals surface area contributed by atoms with Crippen molar-refractivity contribution in [3.8, 4) is 0 Å². The summed E-state index contributed by atoms with van der Waals surface area (Å²) < 4.78 is 16.5. The largest absolute Gasteiger partial charge is 0.462 e. The van der Waals surface area contributed by atoms with E-state index in [0.29, 0.717) is 25.0 Å². The molecule has 23 heavy (non-hydrogen) atoms. The first-order chi connectivity index (χ1) is 11.1. The highest BCUT2D eigenvalue weighted by atomic mass is 16.5. The average Bonchev–Trinajstić information content (AvgIpc) is 2.53. The Balaban J connectivity index is 1.81. The van der Waals surface area contributed by atoms with Crippen LogP contribution in [-0.2, 0) is 25.4 Å². The summed E-state index contributed by atoms with van der Waals surface area (Å²) >= 11 is 0. The molecule has 0 aliphatic carbocycles. The Morgan fingerprint density at radius 2 is 2.04 bits per heavy atom. The van der Waals surface area contributed by atoms with Gasteiger partial charge in [-0.05, 0) is 30.5 Å². The molecule has 3 aliphatic heterocycles. The van der Waals surface area contributed by atoms with Crippen LogP contribution < -0.4 is 0 Å². The monoisotopic (exact) mass is 314 g/mol. The van der Waals surface area contributed by atoms with Crippen LogP contribution in [0.1, 0.15) is 47.4 Å². The fourth-order valence-electron chi connectivity index (χ4n) is 3.68. The second-order valence-corrected chi connectivity index (χ2v) is 6.26. The first-order valence-corrected chi connectivity index (χ1v) is 7.94. The van der Waals surface area contributed by atoms with Crippen LogP contribution in [0, 0.1) is 0 Å². The third-order valence-electron chi connectivity index (χ3n) is 4.72. The normalized spacial score (nSPS) is 27.0. The van der Waals surface area contributed by atoms with Crippen molar-refractivity contribution in [2.75, 3.05) is 13.2 Å². The minimum Gasteiger partial charge on any atom is -0.462 e. The molecule has 3 heterocycles. The van der Waals surface area contributed by atoms with Crippen molar-refractivity contribution < 1.29 is 23.8 Å². The fraction of sp³-hybridized carbons (Fsp3) is 0.444. The van der Waals surface area contributed by atoms with E-state index >= 15 is 0 Å². The predicted octanol–water partition coefficient (Wildman–Crippen LogP) is 2.49. The van der Waals surface area contributed by atoms with Gasteiger partial charge in [0.2, 0.25) is 0 Å². The summed E-state index contributed by atoms with van der Waals surface area (Å²) in [5.41, 5.74) is 4.77. The number of carbonyl (C=O) groups is 2. The number of benzene rings is 1. The van der Waals surface area contributed by atoms with Crippen molar-refractivity contribution >= 4 is 11.9 Å². The van der Waals surface area contributed by atoms with Crippen molar-refractivity contribution in [1.29, 1.82) is 0 Å². The molecule has 1 aromatic rings. The van der Waals surface area contributed by atoms with Crippen LogP contribution in [0.3, 0.4) is 0 Å². The lowest BCUT2D eigenvalue weighted by molar-refractivity contribution is -0.144. The van der Waals surface area contributed by atoms with Crippen LogP contribution in [0.2, 0.25) is 0 Å². The quantitative estimate of drug-likeness (QED) is 0.589. The van der Waals surface area contributed by atoms with Crippen LogP contribution >= 0.6 is 0 Å². The first kappa shape index (κ1) is 14.5. The third-order valence-corrected chi connectivity index (χ3v) is 4.72. The second kappa shape index (κ2) is 5.49. The molecule has 0 aromatic heterocycles. The fourth-order valence-corrected chi connectivity index (χ4v) is 3.68. The topological polar surface area (TPSA) is 61.8 Å². The number of cyclic esters (lactones) is 2. The van der Waals surface area contributed by atoms with E-state index in [2.05, 4.69) is 0 Å². The number of ether oxygens (including phenoxy) is 3. The SMILES string of the molecule is CC1CC2=C(COC(=O)C2)C(c2cccc3c2CCOC3=O)O1. The highest BCUT2D eigenvalue weighted by Gasteiger charge is 2.35. The molecule has 0 fully saturated rings. The molecule has 0 amide bonds. The maximum atomic E-state index is 12.0. The summed E-state index contributed by atoms with van der Waals surface area (Å²) in [5.74, 6) is -0.448. The van der Waals surface area contributed by atoms with Gasteiger partial charge in [-0.25, -0.2) is 4.79 Å². The van der Waals surface area contributed by atoms with Crippen LogP contribution in [-0.4, -0.2) is 31.3 Å². The zero-order chi connectivity index (χ0) is 16.0. The molecular formula is C18H18O5. The van der Waals surface area contributed by atoms with Gasteiger partial charge in [-0.2, -0.15) is 0 Å². The Labute approximate surface area is 134 Å². The van der Waals surface area contributed by atoms with Gasteiger partial charge in [0, 0.05) is 12.0 Å². The van der Waals surface area contributed by atoms with E-state index in [4.69, 9.17) is 14.2 Å². The van der Waals surface area contributed by atoms with Gasteiger partial charge >= 0.3 is 11.9 Å². The number of carbonyl (C=O) groups excluding carboxylic acids is 2. The minimum absolute atomic E-state index is 0.0380. The lowest BCUT2D eigenvalue weighted by atomic mass is 9.84. The molecule has 0 spiro atoms. The van der Waals surface area contributed by atoms with Gasteiger partial charge in [0.1, 0.15) is 12.7 Å². The summed E-state index contributed by atoms with van der Waals surface area (Å²) in [6.07, 6.45) is 1.58. The number of esters is 2. The van der Waals surface area contributed by atoms with Crippen LogP contribution in [0.5, 0.6) is 0 Å². The number of rotatable bonds is 1. The van der Waals surface area contributed by atoms with Crippen molar-refractivity contribution in [3.63, 3.8) is 0 Å². The summed E-state index contributed by atoms with van der Waals surface area (Å²) in [7, 11) is 0. The van der Waals surface area contributed by atoms with Crippen molar-refractivity contribution in [2.24, 2.45) is 0 Å². The summed E-state index contributed by atoms with van der Waals surface area (Å²) in [4.78, 5) is 23.6. The van der Waals surface area contributed by atoms with Crippen LogP contribution in [0.25, 0.3) is 0 Å². The van der Waals surface area contributed by atoms with Crippen molar-refractivity contribution in [3.05, 3.63) is 46.0 Å². The van der Waals surface area contributed by atoms with E-state index in [1.165, 1.54) is 0 Å². The maximum Gasteiger partial charge on any atom is 0.338 e. The average molecular weight is 314 g/mol. The maximum absolute atomic E-state index is 12.0. The second-order valence-electron chi connectivity index (χ2n) is 6.26. The Kier molecular flexibility index (Phi) is 3.45. The standard InChI is InChI=1S/C18H18O5/c1-10-7-11-8-16(19)22-9-15(11)17(23-10)13-3-2-4-14-12(13)5-6-21-18(14)20/h2-4,10,17H,5-9H2,1H3. The molecule has 2 atom stereocenters. The molecule has 1 aromatic carbocycles. The summed E-state index contributed by atoms with van der Waals surface area (Å²) in [6, 6.07) is 5.66. The third kappa shape index (κ3) is 2.45. The van der Waals surface area contributed by atoms with Crippen molar-refractivity contribution in [2.45, 2.75) is 38.4 Å². The van der Waals surface area contributed by atoms with Crippen LogP contribution in [0.4, 0.5) is 0 Å². The zero-order valence-electron chi connectivity index (χ0n) is 13.0. The Morgan fingerprint density at radius 3 is 2.91 bits per heavy atom. The number of fused-ring (bicyclic) bond motifs is 1. The van der Waals surface area contributed by atoms with Gasteiger partial charge in [0.05, 0.1) is 24.7 Å². The van der Waals surface area contributed by atoms with E-state index in [-0.39, 0.29) is 30.8 Å². The van der Waals surface area contributed by atoms with Gasteiger partial charge in [-0.3, -0.25) is 4.79 Å².